The van der Waals surface area contributed by atoms with Gasteiger partial charge in [-0.3, -0.25) is 9.59 Å². The smallest absolute Gasteiger partial charge is 0.443 e. The van der Waals surface area contributed by atoms with E-state index in [1.165, 1.54) is 12.1 Å². The third kappa shape index (κ3) is 6.71. The van der Waals surface area contributed by atoms with Gasteiger partial charge in [0, 0.05) is 18.4 Å². The Kier molecular flexibility index (Phi) is 7.17. The van der Waals surface area contributed by atoms with E-state index >= 15 is 0 Å². The number of benzene rings is 1. The zero-order valence-corrected chi connectivity index (χ0v) is 18.7. The van der Waals surface area contributed by atoms with Crippen LogP contribution in [0.2, 0.25) is 0 Å². The van der Waals surface area contributed by atoms with Crippen LogP contribution in [0.1, 0.15) is 41.1 Å². The van der Waals surface area contributed by atoms with Gasteiger partial charge in [-0.25, -0.2) is 4.79 Å². The van der Waals surface area contributed by atoms with E-state index in [1.807, 2.05) is 44.4 Å². The van der Waals surface area contributed by atoms with E-state index in [4.69, 9.17) is 4.42 Å². The second kappa shape index (κ2) is 9.73. The second-order valence-electron chi connectivity index (χ2n) is 8.83. The summed E-state index contributed by atoms with van der Waals surface area (Å²) < 4.78 is 47.5. The quantitative estimate of drug-likeness (QED) is 0.317. The fourth-order valence-corrected chi connectivity index (χ4v) is 3.57. The Bertz CT molecular complexity index is 1120. The van der Waals surface area contributed by atoms with Gasteiger partial charge in [0.25, 0.3) is 5.91 Å². The number of rotatable bonds is 4. The number of nitrogens with zero attached hydrogens (tertiary/aromatic N) is 1. The largest absolute Gasteiger partial charge is 0.491 e. The average Bonchev–Trinajstić information content (AvgIpc) is 3.24. The Morgan fingerprint density at radius 2 is 1.71 bits per heavy atom. The van der Waals surface area contributed by atoms with Crippen molar-refractivity contribution in [1.82, 2.24) is 5.32 Å². The van der Waals surface area contributed by atoms with E-state index in [-0.39, 0.29) is 11.5 Å². The molecule has 2 heterocycles. The fraction of sp³-hybridized carbons (Fsp3) is 0.375. The van der Waals surface area contributed by atoms with Gasteiger partial charge in [-0.05, 0) is 30.2 Å². The lowest BCUT2D eigenvalue weighted by Crippen LogP contribution is -2.60. The molecular formula is C24H24F3N2O5+. The summed E-state index contributed by atoms with van der Waals surface area (Å²) in [6.07, 6.45) is -5.28. The fourth-order valence-electron chi connectivity index (χ4n) is 3.57. The summed E-state index contributed by atoms with van der Waals surface area (Å²) in [4.78, 5) is 36.1. The van der Waals surface area contributed by atoms with Crippen molar-refractivity contribution >= 4 is 17.8 Å². The summed E-state index contributed by atoms with van der Waals surface area (Å²) in [6.45, 7) is 1.10. The van der Waals surface area contributed by atoms with Crippen LogP contribution in [-0.2, 0) is 14.3 Å². The van der Waals surface area contributed by atoms with E-state index in [0.717, 1.165) is 5.56 Å². The van der Waals surface area contributed by atoms with E-state index in [1.54, 1.807) is 0 Å². The first-order valence-corrected chi connectivity index (χ1v) is 10.5. The molecular weight excluding hydrogens is 453 g/mol. The topological polar surface area (TPSA) is 85.6 Å². The lowest BCUT2D eigenvalue weighted by atomic mass is 9.83. The number of furan rings is 1. The highest BCUT2D eigenvalue weighted by atomic mass is 19.4. The number of esters is 2. The molecule has 180 valence electrons. The van der Waals surface area contributed by atoms with Crippen molar-refractivity contribution in [3.63, 3.8) is 0 Å². The molecule has 1 aliphatic rings. The molecule has 0 saturated carbocycles. The zero-order chi connectivity index (χ0) is 25.0. The molecule has 34 heavy (non-hydrogen) atoms. The molecule has 0 bridgehead atoms. The number of piperidine rings is 1. The standard InChI is InChI=1S/C24H23F3N2O5/c1-29(2)14-12-23(13-15-29,16-20(30)34-22(32)24(25,26)27)28-21(31)19-11-10-18(33-19)9-8-17-6-4-3-5-7-17/h3-7,10-11H,12-16H2,1-2H3/p+1. The summed E-state index contributed by atoms with van der Waals surface area (Å²) in [5.41, 5.74) is -0.421. The number of carbonyl (C=O) groups excluding carboxylic acids is 3. The summed E-state index contributed by atoms with van der Waals surface area (Å²) >= 11 is 0. The molecule has 0 spiro atoms. The van der Waals surface area contributed by atoms with Crippen molar-refractivity contribution in [3.05, 3.63) is 59.5 Å². The third-order valence-corrected chi connectivity index (χ3v) is 5.62. The normalized spacial score (nSPS) is 16.6. The average molecular weight is 477 g/mol. The first kappa shape index (κ1) is 25.1. The molecule has 2 aromatic rings. The summed E-state index contributed by atoms with van der Waals surface area (Å²) in [5.74, 6) is 1.32. The van der Waals surface area contributed by atoms with Crippen molar-refractivity contribution < 1.29 is 41.2 Å². The Hall–Kier alpha value is -3.58. The van der Waals surface area contributed by atoms with Crippen molar-refractivity contribution in [3.8, 4) is 11.8 Å². The Morgan fingerprint density at radius 3 is 2.32 bits per heavy atom. The van der Waals surface area contributed by atoms with E-state index in [2.05, 4.69) is 21.9 Å². The van der Waals surface area contributed by atoms with Gasteiger partial charge in [-0.1, -0.05) is 24.1 Å². The minimum Gasteiger partial charge on any atom is -0.443 e. The number of nitrogens with one attached hydrogen (secondary N) is 1. The minimum atomic E-state index is -5.29. The molecule has 0 radical (unpaired) electrons. The van der Waals surface area contributed by atoms with Crippen molar-refractivity contribution in [2.24, 2.45) is 0 Å². The van der Waals surface area contributed by atoms with Gasteiger partial charge in [0.05, 0.1) is 39.1 Å². The number of hydrogen-bond donors (Lipinski definition) is 1. The van der Waals surface area contributed by atoms with Crippen LogP contribution in [-0.4, -0.2) is 61.2 Å². The van der Waals surface area contributed by atoms with Gasteiger partial charge in [0.2, 0.25) is 0 Å². The van der Waals surface area contributed by atoms with Crippen LogP contribution in [0.5, 0.6) is 0 Å². The highest BCUT2D eigenvalue weighted by Gasteiger charge is 2.46. The van der Waals surface area contributed by atoms with Gasteiger partial charge in [-0.2, -0.15) is 13.2 Å². The Morgan fingerprint density at radius 1 is 1.06 bits per heavy atom. The predicted octanol–water partition coefficient (Wildman–Crippen LogP) is 3.04. The van der Waals surface area contributed by atoms with Crippen LogP contribution in [0, 0.1) is 11.8 Å². The number of hydrogen-bond acceptors (Lipinski definition) is 5. The molecule has 0 atom stereocenters. The molecule has 1 aliphatic heterocycles. The van der Waals surface area contributed by atoms with Crippen LogP contribution in [0.3, 0.4) is 0 Å². The van der Waals surface area contributed by atoms with Gasteiger partial charge in [0.15, 0.2) is 11.5 Å². The Balaban J connectivity index is 1.73. The van der Waals surface area contributed by atoms with E-state index in [0.29, 0.717) is 30.4 Å². The predicted molar refractivity (Wildman–Crippen MR) is 114 cm³/mol. The molecule has 7 nitrogen and oxygen atoms in total. The number of halogens is 3. The molecule has 3 rings (SSSR count). The van der Waals surface area contributed by atoms with Crippen LogP contribution < -0.4 is 5.32 Å². The molecule has 1 aromatic heterocycles. The number of alkyl halides is 3. The second-order valence-corrected chi connectivity index (χ2v) is 8.83. The Labute approximate surface area is 194 Å². The molecule has 10 heteroatoms. The highest BCUT2D eigenvalue weighted by Crippen LogP contribution is 2.30. The monoisotopic (exact) mass is 477 g/mol. The molecule has 1 N–H and O–H groups in total. The molecule has 1 saturated heterocycles. The zero-order valence-electron chi connectivity index (χ0n) is 18.7. The van der Waals surface area contributed by atoms with Gasteiger partial charge in [-0.15, -0.1) is 0 Å². The van der Waals surface area contributed by atoms with Gasteiger partial charge >= 0.3 is 18.1 Å². The number of ether oxygens (including phenoxy) is 1. The van der Waals surface area contributed by atoms with Crippen LogP contribution in [0.4, 0.5) is 13.2 Å². The van der Waals surface area contributed by atoms with E-state index < -0.39 is 36.0 Å². The van der Waals surface area contributed by atoms with Crippen LogP contribution >= 0.6 is 0 Å². The maximum absolute atomic E-state index is 12.9. The van der Waals surface area contributed by atoms with Crippen LogP contribution in [0.25, 0.3) is 0 Å². The van der Waals surface area contributed by atoms with Crippen molar-refractivity contribution in [2.45, 2.75) is 31.0 Å². The molecule has 1 fully saturated rings. The summed E-state index contributed by atoms with van der Waals surface area (Å²) in [7, 11) is 3.92. The third-order valence-electron chi connectivity index (χ3n) is 5.62. The SMILES string of the molecule is C[N+]1(C)CCC(CC(=O)OC(=O)C(F)(F)F)(NC(=O)c2ccc(C#Cc3ccccc3)o2)CC1. The molecule has 0 unspecified atom stereocenters. The lowest BCUT2D eigenvalue weighted by Gasteiger charge is -2.44. The number of quaternary nitrogens is 1. The number of carbonyl (C=O) groups is 3. The lowest BCUT2D eigenvalue weighted by molar-refractivity contribution is -0.896. The molecule has 1 aromatic carbocycles. The van der Waals surface area contributed by atoms with Crippen molar-refractivity contribution in [2.75, 3.05) is 27.2 Å². The van der Waals surface area contributed by atoms with E-state index in [9.17, 15) is 27.6 Å². The summed E-state index contributed by atoms with van der Waals surface area (Å²) in [6, 6.07) is 12.1. The van der Waals surface area contributed by atoms with Crippen molar-refractivity contribution in [1.29, 1.82) is 0 Å². The number of likely N-dealkylation sites (tertiary alicyclic amines) is 1. The maximum atomic E-state index is 12.9. The first-order chi connectivity index (χ1) is 15.9. The molecule has 1 amide bonds. The van der Waals surface area contributed by atoms with Gasteiger partial charge < -0.3 is 19.0 Å². The minimum absolute atomic E-state index is 0.0594. The maximum Gasteiger partial charge on any atom is 0.491 e. The summed E-state index contributed by atoms with van der Waals surface area (Å²) in [5, 5.41) is 2.73. The first-order valence-electron chi connectivity index (χ1n) is 10.5. The number of amides is 1. The van der Waals surface area contributed by atoms with Crippen LogP contribution in [0.15, 0.2) is 46.9 Å². The highest BCUT2D eigenvalue weighted by molar-refractivity contribution is 5.93. The molecule has 0 aliphatic carbocycles. The van der Waals surface area contributed by atoms with Gasteiger partial charge in [0.1, 0.15) is 0 Å².